The quantitative estimate of drug-likeness (QED) is 0.0422. The minimum atomic E-state index is -0.671. The van der Waals surface area contributed by atoms with Crippen molar-refractivity contribution >= 4 is 5.91 Å². The lowest BCUT2D eigenvalue weighted by Gasteiger charge is -2.22. The van der Waals surface area contributed by atoms with Crippen LogP contribution in [0.15, 0.2) is 85.1 Å². The van der Waals surface area contributed by atoms with Crippen LogP contribution in [0.1, 0.15) is 258 Å². The number of hydrogen-bond acceptors (Lipinski definition) is 3. The molecule has 0 aliphatic rings. The fourth-order valence-corrected chi connectivity index (χ4v) is 7.87. The van der Waals surface area contributed by atoms with Crippen LogP contribution in [0, 0.1) is 0 Å². The summed E-state index contributed by atoms with van der Waals surface area (Å²) < 4.78 is 0. The number of hydrogen-bond donors (Lipinski definition) is 3. The van der Waals surface area contributed by atoms with E-state index in [1.807, 2.05) is 0 Å². The Balaban J connectivity index is 3.57. The maximum absolute atomic E-state index is 12.5. The van der Waals surface area contributed by atoms with E-state index >= 15 is 0 Å². The summed E-state index contributed by atoms with van der Waals surface area (Å²) in [5.41, 5.74) is 0. The third kappa shape index (κ3) is 48.6. The van der Waals surface area contributed by atoms with Crippen LogP contribution in [-0.2, 0) is 4.79 Å². The predicted molar refractivity (Wildman–Crippen MR) is 276 cm³/mol. The molecule has 0 fully saturated rings. The van der Waals surface area contributed by atoms with Crippen molar-refractivity contribution in [2.75, 3.05) is 6.61 Å². The van der Waals surface area contributed by atoms with E-state index in [2.05, 4.69) is 104 Å². The van der Waals surface area contributed by atoms with E-state index < -0.39 is 12.1 Å². The molecule has 0 aromatic heterocycles. The molecular formula is C58H103NO3. The topological polar surface area (TPSA) is 69.6 Å². The molecule has 0 aromatic carbocycles. The lowest BCUT2D eigenvalue weighted by atomic mass is 10.0. The third-order valence-corrected chi connectivity index (χ3v) is 11.9. The van der Waals surface area contributed by atoms with Gasteiger partial charge in [0.05, 0.1) is 18.8 Å². The normalized spacial score (nSPS) is 13.5. The average Bonchev–Trinajstić information content (AvgIpc) is 3.28. The highest BCUT2D eigenvalue weighted by atomic mass is 16.3. The molecule has 2 unspecified atom stereocenters. The Labute approximate surface area is 386 Å². The van der Waals surface area contributed by atoms with Crippen molar-refractivity contribution in [3.8, 4) is 0 Å². The summed E-state index contributed by atoms with van der Waals surface area (Å²) in [6, 6.07) is -0.549. The van der Waals surface area contributed by atoms with E-state index in [1.54, 1.807) is 0 Å². The van der Waals surface area contributed by atoms with Crippen LogP contribution < -0.4 is 5.32 Å². The molecule has 3 N–H and O–H groups in total. The number of carbonyl (C=O) groups excluding carboxylic acids is 1. The van der Waals surface area contributed by atoms with Crippen molar-refractivity contribution in [1.82, 2.24) is 5.32 Å². The molecule has 0 heterocycles. The SMILES string of the molecule is CC/C=C\C/C=C\C/C=C\C/C=C\C/C=C\C/C=C\C/C=C\CCCCCCCCCC(=O)NC(CO)C(O)CCCCCCCCCCCCCCCCCCCCCCC. The van der Waals surface area contributed by atoms with Crippen LogP contribution in [0.25, 0.3) is 0 Å². The second-order valence-electron chi connectivity index (χ2n) is 17.9. The van der Waals surface area contributed by atoms with Gasteiger partial charge in [0.15, 0.2) is 0 Å². The number of unbranched alkanes of at least 4 members (excludes halogenated alkanes) is 27. The number of aliphatic hydroxyl groups is 2. The van der Waals surface area contributed by atoms with Crippen molar-refractivity contribution in [3.63, 3.8) is 0 Å². The van der Waals surface area contributed by atoms with Crippen molar-refractivity contribution in [3.05, 3.63) is 85.1 Å². The smallest absolute Gasteiger partial charge is 0.220 e. The standard InChI is InChI=1S/C58H103NO3/c1-3-5-7-9-11-13-15-17-19-21-23-25-26-27-28-29-30-31-32-34-36-38-40-42-44-46-48-50-52-54-58(62)59-56(55-60)57(61)53-51-49-47-45-43-41-39-37-35-33-24-22-20-18-16-14-12-10-8-6-4-2/h5,7,11,13,17,19,23,25,27-28,30-31,34,36,56-57,60-61H,3-4,6,8-10,12,14-16,18,20-22,24,26,29,32-33,35,37-55H2,1-2H3,(H,59,62)/b7-5-,13-11-,19-17-,25-23-,28-27-,31-30-,36-34-. The number of amides is 1. The summed E-state index contributed by atoms with van der Waals surface area (Å²) in [5, 5.41) is 23.3. The molecule has 62 heavy (non-hydrogen) atoms. The van der Waals surface area contributed by atoms with Gasteiger partial charge in [-0.1, -0.05) is 266 Å². The molecule has 4 heteroatoms. The number of rotatable bonds is 48. The maximum Gasteiger partial charge on any atom is 0.220 e. The predicted octanol–water partition coefficient (Wildman–Crippen LogP) is 17.6. The first-order chi connectivity index (χ1) is 30.7. The minimum absolute atomic E-state index is 0.0438. The summed E-state index contributed by atoms with van der Waals surface area (Å²) in [6.45, 7) is 4.25. The van der Waals surface area contributed by atoms with E-state index in [0.717, 1.165) is 83.5 Å². The largest absolute Gasteiger partial charge is 0.394 e. The van der Waals surface area contributed by atoms with Crippen LogP contribution in [0.2, 0.25) is 0 Å². The first-order valence-electron chi connectivity index (χ1n) is 26.8. The van der Waals surface area contributed by atoms with Gasteiger partial charge in [0.2, 0.25) is 5.91 Å². The van der Waals surface area contributed by atoms with Crippen molar-refractivity contribution in [2.24, 2.45) is 0 Å². The number of allylic oxidation sites excluding steroid dienone is 14. The number of carbonyl (C=O) groups is 1. The first-order valence-corrected chi connectivity index (χ1v) is 26.8. The zero-order valence-electron chi connectivity index (χ0n) is 41.1. The molecule has 0 aliphatic carbocycles. The summed E-state index contributed by atoms with van der Waals surface area (Å²) in [6.07, 6.45) is 76.9. The summed E-state index contributed by atoms with van der Waals surface area (Å²) in [7, 11) is 0. The van der Waals surface area contributed by atoms with Crippen LogP contribution in [0.3, 0.4) is 0 Å². The van der Waals surface area contributed by atoms with Gasteiger partial charge in [-0.15, -0.1) is 0 Å². The highest BCUT2D eigenvalue weighted by Gasteiger charge is 2.20. The van der Waals surface area contributed by atoms with E-state index in [1.165, 1.54) is 148 Å². The zero-order valence-corrected chi connectivity index (χ0v) is 41.1. The molecule has 358 valence electrons. The highest BCUT2D eigenvalue weighted by Crippen LogP contribution is 2.16. The molecular weight excluding hydrogens is 759 g/mol. The average molecular weight is 862 g/mol. The van der Waals surface area contributed by atoms with Crippen molar-refractivity contribution in [1.29, 1.82) is 0 Å². The molecule has 0 spiro atoms. The van der Waals surface area contributed by atoms with Crippen LogP contribution in [-0.4, -0.2) is 34.9 Å². The van der Waals surface area contributed by atoms with Crippen molar-refractivity contribution in [2.45, 2.75) is 270 Å². The summed E-state index contributed by atoms with van der Waals surface area (Å²) >= 11 is 0. The van der Waals surface area contributed by atoms with E-state index in [-0.39, 0.29) is 12.5 Å². The molecule has 1 amide bonds. The van der Waals surface area contributed by atoms with E-state index in [0.29, 0.717) is 12.8 Å². The molecule has 0 aromatic rings. The number of aliphatic hydroxyl groups excluding tert-OH is 2. The summed E-state index contributed by atoms with van der Waals surface area (Å²) in [5.74, 6) is -0.0438. The second-order valence-corrected chi connectivity index (χ2v) is 17.9. The van der Waals surface area contributed by atoms with Gasteiger partial charge < -0.3 is 15.5 Å². The van der Waals surface area contributed by atoms with Gasteiger partial charge in [-0.3, -0.25) is 4.79 Å². The molecule has 0 saturated carbocycles. The molecule has 0 radical (unpaired) electrons. The van der Waals surface area contributed by atoms with E-state index in [9.17, 15) is 15.0 Å². The monoisotopic (exact) mass is 862 g/mol. The van der Waals surface area contributed by atoms with Gasteiger partial charge >= 0.3 is 0 Å². The number of nitrogens with one attached hydrogen (secondary N) is 1. The molecule has 0 bridgehead atoms. The maximum atomic E-state index is 12.5. The fraction of sp³-hybridized carbons (Fsp3) is 0.741. The van der Waals surface area contributed by atoms with E-state index in [4.69, 9.17) is 0 Å². The molecule has 2 atom stereocenters. The Hall–Kier alpha value is -2.43. The molecule has 0 rings (SSSR count). The Bertz CT molecular complexity index is 1110. The molecule has 4 nitrogen and oxygen atoms in total. The van der Waals surface area contributed by atoms with Gasteiger partial charge in [-0.25, -0.2) is 0 Å². The minimum Gasteiger partial charge on any atom is -0.394 e. The molecule has 0 saturated heterocycles. The molecule has 0 aliphatic heterocycles. The Morgan fingerprint density at radius 2 is 0.710 bits per heavy atom. The second kappa shape index (κ2) is 52.9. The summed E-state index contributed by atoms with van der Waals surface area (Å²) in [4.78, 5) is 12.5. The van der Waals surface area contributed by atoms with Crippen molar-refractivity contribution < 1.29 is 15.0 Å². The van der Waals surface area contributed by atoms with Gasteiger partial charge in [0.25, 0.3) is 0 Å². The lowest BCUT2D eigenvalue weighted by Crippen LogP contribution is -2.45. The Kier molecular flexibility index (Phi) is 50.8. The zero-order chi connectivity index (χ0) is 44.9. The lowest BCUT2D eigenvalue weighted by molar-refractivity contribution is -0.123. The van der Waals surface area contributed by atoms with Crippen LogP contribution >= 0.6 is 0 Å². The van der Waals surface area contributed by atoms with Gasteiger partial charge in [0.1, 0.15) is 0 Å². The van der Waals surface area contributed by atoms with Crippen LogP contribution in [0.5, 0.6) is 0 Å². The highest BCUT2D eigenvalue weighted by molar-refractivity contribution is 5.76. The third-order valence-electron chi connectivity index (χ3n) is 11.9. The Morgan fingerprint density at radius 3 is 1.06 bits per heavy atom. The van der Waals surface area contributed by atoms with Gasteiger partial charge in [-0.05, 0) is 70.6 Å². The first kappa shape index (κ1) is 59.6. The van der Waals surface area contributed by atoms with Crippen LogP contribution in [0.4, 0.5) is 0 Å². The Morgan fingerprint density at radius 1 is 0.403 bits per heavy atom. The van der Waals surface area contributed by atoms with Gasteiger partial charge in [0, 0.05) is 6.42 Å². The van der Waals surface area contributed by atoms with Gasteiger partial charge in [-0.2, -0.15) is 0 Å². The fourth-order valence-electron chi connectivity index (χ4n) is 7.87.